The Hall–Kier alpha value is -0.510. The maximum atomic E-state index is 11.1. The molecule has 0 aromatic heterocycles. The van der Waals surface area contributed by atoms with Gasteiger partial charge in [0.05, 0.1) is 6.54 Å². The van der Waals surface area contributed by atoms with E-state index in [1.165, 1.54) is 11.1 Å². The molecule has 0 atom stereocenters. The van der Waals surface area contributed by atoms with Gasteiger partial charge >= 0.3 is 0 Å². The Morgan fingerprint density at radius 2 is 1.73 bits per heavy atom. The van der Waals surface area contributed by atoms with Crippen molar-refractivity contribution in [1.82, 2.24) is 0 Å². The lowest BCUT2D eigenvalue weighted by atomic mass is 10.3. The maximum absolute atomic E-state index is 11.1. The molecule has 0 aromatic rings. The van der Waals surface area contributed by atoms with E-state index in [0.717, 1.165) is 6.42 Å². The fourth-order valence-electron chi connectivity index (χ4n) is 1.41. The molecule has 0 saturated carbocycles. The van der Waals surface area contributed by atoms with E-state index in [1.807, 2.05) is 6.92 Å². The first-order chi connectivity index (χ1) is 7.13. The number of carboxylic acid groups (broad SMARTS) is 1. The van der Waals surface area contributed by atoms with Crippen molar-refractivity contribution in [3.8, 4) is 0 Å². The number of carbonyl (C=O) groups excluding carboxylic acids is 1. The predicted molar refractivity (Wildman–Crippen MR) is 60.5 cm³/mol. The molecule has 0 N–H and O–H groups in total. The third kappa shape index (κ3) is 4.69. The fourth-order valence-corrected chi connectivity index (χ4v) is 1.57. The molecule has 0 radical (unpaired) electrons. The van der Waals surface area contributed by atoms with Crippen LogP contribution in [0.2, 0.25) is 0 Å². The maximum Gasteiger partial charge on any atom is 0.257 e. The summed E-state index contributed by atoms with van der Waals surface area (Å²) in [6.45, 7) is 3.03. The Morgan fingerprint density at radius 1 is 1.27 bits per heavy atom. The average molecular weight is 252 g/mol. The summed E-state index contributed by atoms with van der Waals surface area (Å²) in [6, 6.07) is 0. The lowest BCUT2D eigenvalue weighted by molar-refractivity contribution is -0.865. The predicted octanol–water partition coefficient (Wildman–Crippen LogP) is 2.06. The first kappa shape index (κ1) is 14.5. The van der Waals surface area contributed by atoms with Crippen molar-refractivity contribution >= 4 is 29.3 Å². The van der Waals surface area contributed by atoms with Crippen LogP contribution in [0.4, 0.5) is 4.79 Å². The zero-order chi connectivity index (χ0) is 11.7. The summed E-state index contributed by atoms with van der Waals surface area (Å²) >= 11 is 10.8. The largest absolute Gasteiger partial charge is 0.498 e. The fraction of sp³-hybridized carbons (Fsp3) is 0.500. The van der Waals surface area contributed by atoms with Crippen LogP contribution in [0.1, 0.15) is 13.3 Å². The van der Waals surface area contributed by atoms with Crippen molar-refractivity contribution in [1.29, 1.82) is 0 Å². The molecule has 0 unspecified atom stereocenters. The van der Waals surface area contributed by atoms with Crippen LogP contribution in [0.5, 0.6) is 0 Å². The lowest BCUT2D eigenvalue weighted by Crippen LogP contribution is -2.59. The van der Waals surface area contributed by atoms with Crippen LogP contribution in [-0.4, -0.2) is 30.2 Å². The molecule has 86 valence electrons. The van der Waals surface area contributed by atoms with Gasteiger partial charge in [-0.3, -0.25) is 4.48 Å². The number of hydrogen-bond donors (Lipinski definition) is 0. The Bertz CT molecular complexity index is 238. The van der Waals surface area contributed by atoms with Crippen LogP contribution >= 0.6 is 23.2 Å². The van der Waals surface area contributed by atoms with Crippen molar-refractivity contribution in [2.75, 3.05) is 19.6 Å². The second-order valence-corrected chi connectivity index (χ2v) is 3.73. The normalized spacial score (nSPS) is 15.9. The van der Waals surface area contributed by atoms with Gasteiger partial charge in [-0.15, -0.1) is 0 Å². The molecule has 15 heavy (non-hydrogen) atoms. The van der Waals surface area contributed by atoms with E-state index in [1.54, 1.807) is 12.2 Å². The van der Waals surface area contributed by atoms with Crippen LogP contribution in [-0.2, 0) is 0 Å². The van der Waals surface area contributed by atoms with Crippen LogP contribution in [0.25, 0.3) is 0 Å². The van der Waals surface area contributed by atoms with Gasteiger partial charge in [0.1, 0.15) is 13.1 Å². The number of rotatable bonds is 6. The van der Waals surface area contributed by atoms with E-state index in [-0.39, 0.29) is 4.48 Å². The van der Waals surface area contributed by atoms with E-state index in [9.17, 15) is 9.90 Å². The van der Waals surface area contributed by atoms with Gasteiger partial charge in [-0.05, 0) is 18.6 Å². The number of amides is 1. The smallest absolute Gasteiger partial charge is 0.257 e. The highest BCUT2D eigenvalue weighted by Gasteiger charge is 2.26. The minimum Gasteiger partial charge on any atom is -0.498 e. The molecule has 0 aliphatic rings. The summed E-state index contributed by atoms with van der Waals surface area (Å²) in [5.41, 5.74) is 2.63. The van der Waals surface area contributed by atoms with Crippen molar-refractivity contribution < 1.29 is 14.4 Å². The van der Waals surface area contributed by atoms with Crippen molar-refractivity contribution in [3.63, 3.8) is 0 Å². The van der Waals surface area contributed by atoms with Gasteiger partial charge < -0.3 is 9.90 Å². The van der Waals surface area contributed by atoms with Crippen molar-refractivity contribution in [3.05, 3.63) is 23.2 Å². The molecule has 0 aromatic carbocycles. The molecule has 0 aliphatic heterocycles. The standard InChI is InChI=1S/C10H15Cl2NO2/c1-2-7-13(10(14)15,8-3-5-11)9-4-6-12/h3-6H,2,7-9H2,1H3. The second kappa shape index (κ2) is 7.74. The van der Waals surface area contributed by atoms with Crippen molar-refractivity contribution in [2.45, 2.75) is 13.3 Å². The molecule has 1 amide bonds. The Kier molecular flexibility index (Phi) is 7.48. The van der Waals surface area contributed by atoms with Gasteiger partial charge in [0.2, 0.25) is 0 Å². The van der Waals surface area contributed by atoms with E-state index < -0.39 is 6.09 Å². The van der Waals surface area contributed by atoms with Crippen molar-refractivity contribution in [2.24, 2.45) is 0 Å². The molecule has 0 saturated heterocycles. The van der Waals surface area contributed by atoms with E-state index in [0.29, 0.717) is 19.6 Å². The molecule has 0 fully saturated rings. The number of nitrogens with zero attached hydrogens (tertiary/aromatic N) is 1. The Morgan fingerprint density at radius 3 is 2.00 bits per heavy atom. The third-order valence-electron chi connectivity index (χ3n) is 2.13. The first-order valence-electron chi connectivity index (χ1n) is 4.71. The van der Waals surface area contributed by atoms with Crippen LogP contribution < -0.4 is 5.11 Å². The zero-order valence-corrected chi connectivity index (χ0v) is 10.2. The zero-order valence-electron chi connectivity index (χ0n) is 8.66. The average Bonchev–Trinajstić information content (AvgIpc) is 2.22. The molecule has 0 aliphatic carbocycles. The number of quaternary nitrogens is 1. The molecule has 3 nitrogen and oxygen atoms in total. The van der Waals surface area contributed by atoms with Gasteiger partial charge in [0.15, 0.2) is 0 Å². The Balaban J connectivity index is 4.78. The molecular formula is C10H15Cl2NO2. The molecule has 0 spiro atoms. The van der Waals surface area contributed by atoms with E-state index in [4.69, 9.17) is 23.2 Å². The molecular weight excluding hydrogens is 237 g/mol. The Labute approximate surface area is 100 Å². The summed E-state index contributed by atoms with van der Waals surface area (Å²) < 4.78 is -0.178. The molecule has 0 heterocycles. The first-order valence-corrected chi connectivity index (χ1v) is 5.58. The van der Waals surface area contributed by atoms with Gasteiger partial charge in [-0.2, -0.15) is 0 Å². The van der Waals surface area contributed by atoms with Crippen LogP contribution in [0.15, 0.2) is 23.2 Å². The van der Waals surface area contributed by atoms with Crippen LogP contribution in [0, 0.1) is 0 Å². The quantitative estimate of drug-likeness (QED) is 0.679. The number of carbonyl (C=O) groups is 1. The highest BCUT2D eigenvalue weighted by Crippen LogP contribution is 2.09. The summed E-state index contributed by atoms with van der Waals surface area (Å²) in [5.74, 6) is 0. The second-order valence-electron chi connectivity index (χ2n) is 3.22. The molecule has 5 heteroatoms. The van der Waals surface area contributed by atoms with Crippen LogP contribution in [0.3, 0.4) is 0 Å². The van der Waals surface area contributed by atoms with E-state index >= 15 is 0 Å². The van der Waals surface area contributed by atoms with Gasteiger partial charge in [0, 0.05) is 11.1 Å². The number of hydrogen-bond acceptors (Lipinski definition) is 2. The monoisotopic (exact) mass is 251 g/mol. The number of halogens is 2. The van der Waals surface area contributed by atoms with Gasteiger partial charge in [-0.1, -0.05) is 30.1 Å². The van der Waals surface area contributed by atoms with Gasteiger partial charge in [0.25, 0.3) is 6.09 Å². The van der Waals surface area contributed by atoms with Gasteiger partial charge in [-0.25, -0.2) is 0 Å². The summed E-state index contributed by atoms with van der Waals surface area (Å²) in [6.07, 6.45) is 2.85. The molecule has 0 rings (SSSR count). The highest BCUT2D eigenvalue weighted by molar-refractivity contribution is 6.25. The lowest BCUT2D eigenvalue weighted by Gasteiger charge is -2.35. The molecule has 0 bridgehead atoms. The summed E-state index contributed by atoms with van der Waals surface area (Å²) in [4.78, 5) is 11.1. The minimum atomic E-state index is -1.11. The summed E-state index contributed by atoms with van der Waals surface area (Å²) in [7, 11) is 0. The minimum absolute atomic E-state index is 0.178. The van der Waals surface area contributed by atoms with E-state index in [2.05, 4.69) is 0 Å². The SMILES string of the molecule is CCC[N+](CC=CCl)(CC=CCl)C(=O)[O-]. The summed E-state index contributed by atoms with van der Waals surface area (Å²) in [5, 5.41) is 11.1. The highest BCUT2D eigenvalue weighted by atomic mass is 35.5. The topological polar surface area (TPSA) is 40.1 Å². The third-order valence-corrected chi connectivity index (χ3v) is 2.48.